The summed E-state index contributed by atoms with van der Waals surface area (Å²) < 4.78 is 10.5. The maximum atomic E-state index is 10.9. The van der Waals surface area contributed by atoms with Gasteiger partial charge in [-0.05, 0) is 18.6 Å². The number of hydrogen-bond donors (Lipinski definition) is 0. The standard InChI is InChI=1S/C11H16O3/c1-9(12)8-10-4-6-11(13-2,14-3)7-5-10/h4-6H,7-8H2,1-3H3. The lowest BCUT2D eigenvalue weighted by Crippen LogP contribution is -2.32. The van der Waals surface area contributed by atoms with E-state index in [1.807, 2.05) is 18.2 Å². The molecule has 0 heterocycles. The van der Waals surface area contributed by atoms with Crippen LogP contribution in [0.25, 0.3) is 0 Å². The topological polar surface area (TPSA) is 35.5 Å². The van der Waals surface area contributed by atoms with Crippen LogP contribution in [-0.4, -0.2) is 25.8 Å². The Morgan fingerprint density at radius 2 is 2.14 bits per heavy atom. The van der Waals surface area contributed by atoms with Gasteiger partial charge in [-0.25, -0.2) is 0 Å². The Morgan fingerprint density at radius 1 is 1.50 bits per heavy atom. The highest BCUT2D eigenvalue weighted by atomic mass is 16.7. The van der Waals surface area contributed by atoms with Crippen LogP contribution in [0, 0.1) is 0 Å². The lowest BCUT2D eigenvalue weighted by atomic mass is 9.98. The van der Waals surface area contributed by atoms with Gasteiger partial charge < -0.3 is 9.47 Å². The molecular formula is C11H16O3. The molecule has 0 aromatic heterocycles. The van der Waals surface area contributed by atoms with Crippen LogP contribution >= 0.6 is 0 Å². The molecule has 0 aliphatic heterocycles. The largest absolute Gasteiger partial charge is 0.349 e. The zero-order valence-electron chi connectivity index (χ0n) is 8.87. The molecule has 1 aliphatic carbocycles. The number of allylic oxidation sites excluding steroid dienone is 2. The number of carbonyl (C=O) groups excluding carboxylic acids is 1. The molecule has 0 radical (unpaired) electrons. The summed E-state index contributed by atoms with van der Waals surface area (Å²) in [6.07, 6.45) is 6.86. The molecular weight excluding hydrogens is 180 g/mol. The van der Waals surface area contributed by atoms with Crippen LogP contribution in [0.15, 0.2) is 23.8 Å². The van der Waals surface area contributed by atoms with E-state index in [2.05, 4.69) is 0 Å². The van der Waals surface area contributed by atoms with Crippen molar-refractivity contribution in [2.45, 2.75) is 25.6 Å². The van der Waals surface area contributed by atoms with Crippen molar-refractivity contribution in [1.29, 1.82) is 0 Å². The predicted octanol–water partition coefficient (Wildman–Crippen LogP) is 1.84. The molecule has 0 aromatic carbocycles. The normalized spacial score (nSPS) is 19.2. The Bertz CT molecular complexity index is 272. The molecule has 14 heavy (non-hydrogen) atoms. The minimum Gasteiger partial charge on any atom is -0.349 e. The first-order valence-corrected chi connectivity index (χ1v) is 4.60. The van der Waals surface area contributed by atoms with Gasteiger partial charge in [-0.2, -0.15) is 0 Å². The van der Waals surface area contributed by atoms with E-state index in [9.17, 15) is 4.79 Å². The third-order valence-electron chi connectivity index (χ3n) is 2.34. The summed E-state index contributed by atoms with van der Waals surface area (Å²) in [5.41, 5.74) is 1.03. The molecule has 0 fully saturated rings. The fraction of sp³-hybridized carbons (Fsp3) is 0.545. The van der Waals surface area contributed by atoms with Gasteiger partial charge in [0.2, 0.25) is 0 Å². The molecule has 3 nitrogen and oxygen atoms in total. The van der Waals surface area contributed by atoms with Crippen molar-refractivity contribution in [2.75, 3.05) is 14.2 Å². The van der Waals surface area contributed by atoms with Gasteiger partial charge in [0.25, 0.3) is 0 Å². The van der Waals surface area contributed by atoms with E-state index in [0.29, 0.717) is 12.8 Å². The summed E-state index contributed by atoms with van der Waals surface area (Å²) >= 11 is 0. The molecule has 0 amide bonds. The first-order chi connectivity index (χ1) is 6.62. The van der Waals surface area contributed by atoms with Gasteiger partial charge >= 0.3 is 0 Å². The van der Waals surface area contributed by atoms with Crippen molar-refractivity contribution < 1.29 is 14.3 Å². The van der Waals surface area contributed by atoms with Crippen molar-refractivity contribution in [1.82, 2.24) is 0 Å². The highest BCUT2D eigenvalue weighted by Gasteiger charge is 2.27. The Morgan fingerprint density at radius 3 is 2.50 bits per heavy atom. The maximum Gasteiger partial charge on any atom is 0.190 e. The minimum absolute atomic E-state index is 0.170. The molecule has 0 bridgehead atoms. The van der Waals surface area contributed by atoms with Gasteiger partial charge in [0, 0.05) is 27.1 Å². The predicted molar refractivity (Wildman–Crippen MR) is 53.9 cm³/mol. The first kappa shape index (κ1) is 11.1. The van der Waals surface area contributed by atoms with E-state index in [0.717, 1.165) is 5.57 Å². The monoisotopic (exact) mass is 196 g/mol. The molecule has 1 aliphatic rings. The zero-order valence-corrected chi connectivity index (χ0v) is 8.87. The summed E-state index contributed by atoms with van der Waals surface area (Å²) in [6.45, 7) is 1.59. The van der Waals surface area contributed by atoms with Gasteiger partial charge in [0.15, 0.2) is 5.79 Å². The van der Waals surface area contributed by atoms with Crippen molar-refractivity contribution in [3.8, 4) is 0 Å². The molecule has 78 valence electrons. The van der Waals surface area contributed by atoms with Crippen molar-refractivity contribution in [2.24, 2.45) is 0 Å². The second-order valence-corrected chi connectivity index (χ2v) is 3.42. The number of carbonyl (C=O) groups is 1. The summed E-state index contributed by atoms with van der Waals surface area (Å²) in [5, 5.41) is 0. The first-order valence-electron chi connectivity index (χ1n) is 4.60. The summed E-state index contributed by atoms with van der Waals surface area (Å²) in [5.74, 6) is -0.469. The van der Waals surface area contributed by atoms with E-state index < -0.39 is 5.79 Å². The fourth-order valence-electron chi connectivity index (χ4n) is 1.45. The number of Topliss-reactive ketones (excluding diaryl/α,β-unsaturated/α-hetero) is 1. The lowest BCUT2D eigenvalue weighted by molar-refractivity contribution is -0.168. The number of hydrogen-bond acceptors (Lipinski definition) is 3. The van der Waals surface area contributed by atoms with Crippen molar-refractivity contribution in [3.05, 3.63) is 23.8 Å². The van der Waals surface area contributed by atoms with Gasteiger partial charge in [-0.1, -0.05) is 12.2 Å². The van der Waals surface area contributed by atoms with Gasteiger partial charge in [-0.15, -0.1) is 0 Å². The summed E-state index contributed by atoms with van der Waals surface area (Å²) in [6, 6.07) is 0. The smallest absolute Gasteiger partial charge is 0.190 e. The van der Waals surface area contributed by atoms with Crippen LogP contribution < -0.4 is 0 Å². The van der Waals surface area contributed by atoms with Gasteiger partial charge in [-0.3, -0.25) is 4.79 Å². The van der Waals surface area contributed by atoms with E-state index >= 15 is 0 Å². The van der Waals surface area contributed by atoms with Crippen LogP contribution in [0.3, 0.4) is 0 Å². The van der Waals surface area contributed by atoms with Crippen LogP contribution in [0.4, 0.5) is 0 Å². The quantitative estimate of drug-likeness (QED) is 0.643. The Labute approximate surface area is 84.4 Å². The van der Waals surface area contributed by atoms with Crippen LogP contribution in [0.1, 0.15) is 19.8 Å². The number of rotatable bonds is 4. The second-order valence-electron chi connectivity index (χ2n) is 3.42. The van der Waals surface area contributed by atoms with Gasteiger partial charge in [0.1, 0.15) is 5.78 Å². The highest BCUT2D eigenvalue weighted by molar-refractivity contribution is 5.78. The van der Waals surface area contributed by atoms with Gasteiger partial charge in [0.05, 0.1) is 0 Å². The molecule has 0 spiro atoms. The number of ketones is 1. The molecule has 1 rings (SSSR count). The SMILES string of the molecule is COC1(OC)C=CC(CC(C)=O)=CC1. The fourth-order valence-corrected chi connectivity index (χ4v) is 1.45. The molecule has 0 unspecified atom stereocenters. The summed E-state index contributed by atoms with van der Waals surface area (Å²) in [4.78, 5) is 10.9. The third-order valence-corrected chi connectivity index (χ3v) is 2.34. The zero-order chi connectivity index (χ0) is 10.6. The Hall–Kier alpha value is -0.930. The Kier molecular flexibility index (Phi) is 3.61. The average molecular weight is 196 g/mol. The van der Waals surface area contributed by atoms with E-state index in [1.165, 1.54) is 0 Å². The maximum absolute atomic E-state index is 10.9. The van der Waals surface area contributed by atoms with E-state index in [-0.39, 0.29) is 5.78 Å². The van der Waals surface area contributed by atoms with Crippen molar-refractivity contribution in [3.63, 3.8) is 0 Å². The number of methoxy groups -OCH3 is 2. The molecule has 0 N–H and O–H groups in total. The molecule has 0 atom stereocenters. The molecule has 0 saturated heterocycles. The van der Waals surface area contributed by atoms with Crippen LogP contribution in [0.2, 0.25) is 0 Å². The minimum atomic E-state index is -0.639. The van der Waals surface area contributed by atoms with Crippen LogP contribution in [-0.2, 0) is 14.3 Å². The van der Waals surface area contributed by atoms with Crippen LogP contribution in [0.5, 0.6) is 0 Å². The molecule has 0 aromatic rings. The average Bonchev–Trinajstić information content (AvgIpc) is 2.19. The molecule has 0 saturated carbocycles. The Balaban J connectivity index is 2.64. The molecule has 3 heteroatoms. The lowest BCUT2D eigenvalue weighted by Gasteiger charge is -2.29. The van der Waals surface area contributed by atoms with E-state index in [4.69, 9.17) is 9.47 Å². The number of ether oxygens (including phenoxy) is 2. The summed E-state index contributed by atoms with van der Waals surface area (Å²) in [7, 11) is 3.22. The highest BCUT2D eigenvalue weighted by Crippen LogP contribution is 2.26. The second kappa shape index (κ2) is 4.53. The third kappa shape index (κ3) is 2.53. The van der Waals surface area contributed by atoms with Crippen molar-refractivity contribution >= 4 is 5.78 Å². The van der Waals surface area contributed by atoms with E-state index in [1.54, 1.807) is 21.1 Å².